The van der Waals surface area contributed by atoms with Crippen molar-refractivity contribution < 1.29 is 28.7 Å². The van der Waals surface area contributed by atoms with Crippen LogP contribution in [0.1, 0.15) is 68.8 Å². The van der Waals surface area contributed by atoms with E-state index in [-0.39, 0.29) is 29.8 Å². The van der Waals surface area contributed by atoms with E-state index in [0.717, 1.165) is 73.3 Å². The van der Waals surface area contributed by atoms with Crippen LogP contribution >= 0.6 is 68.5 Å². The second kappa shape index (κ2) is 19.9. The lowest BCUT2D eigenvalue weighted by Gasteiger charge is -2.30. The smallest absolute Gasteiger partial charge is 0.410 e. The lowest BCUT2D eigenvalue weighted by Crippen LogP contribution is -2.39. The van der Waals surface area contributed by atoms with Gasteiger partial charge < -0.3 is 30.3 Å². The number of hydrogen-bond donors (Lipinski definition) is 2. The topological polar surface area (TPSA) is 157 Å². The highest BCUT2D eigenvalue weighted by Crippen LogP contribution is 2.46. The predicted molar refractivity (Wildman–Crippen MR) is 256 cm³/mol. The fourth-order valence-corrected chi connectivity index (χ4v) is 11.5. The zero-order valence-corrected chi connectivity index (χ0v) is 40.0. The number of aromatic nitrogens is 2. The maximum atomic E-state index is 12.5. The van der Waals surface area contributed by atoms with Gasteiger partial charge in [0.15, 0.2) is 0 Å². The van der Waals surface area contributed by atoms with Crippen LogP contribution in [0, 0.1) is 0 Å². The molecule has 0 unspecified atom stereocenters. The molecular weight excluding hydrogens is 908 g/mol. The van der Waals surface area contributed by atoms with Crippen LogP contribution in [-0.4, -0.2) is 73.3 Å². The monoisotopic (exact) mass is 954 g/mol. The maximum absolute atomic E-state index is 12.5. The normalized spacial score (nSPS) is 13.5. The first-order valence-electron chi connectivity index (χ1n) is 19.7. The first-order chi connectivity index (χ1) is 29.3. The minimum absolute atomic E-state index is 0.264. The largest absolute Gasteiger partial charge is 0.444 e. The minimum Gasteiger partial charge on any atom is -0.444 e. The summed E-state index contributed by atoms with van der Waals surface area (Å²) in [6.45, 7) is 17.0. The summed E-state index contributed by atoms with van der Waals surface area (Å²) >= 11 is 16.3. The van der Waals surface area contributed by atoms with Gasteiger partial charge in [-0.15, -0.1) is 56.9 Å². The highest BCUT2D eigenvalue weighted by Gasteiger charge is 2.32. The molecule has 0 atom stereocenters. The number of ether oxygens (including phenoxy) is 2. The van der Waals surface area contributed by atoms with Crippen molar-refractivity contribution in [1.29, 1.82) is 0 Å². The summed E-state index contributed by atoms with van der Waals surface area (Å²) in [4.78, 5) is 61.9. The molecule has 0 spiro atoms. The van der Waals surface area contributed by atoms with E-state index in [1.165, 1.54) is 23.0 Å². The van der Waals surface area contributed by atoms with Gasteiger partial charge >= 0.3 is 12.2 Å². The van der Waals surface area contributed by atoms with Crippen molar-refractivity contribution in [3.05, 3.63) is 82.1 Å². The highest BCUT2D eigenvalue weighted by atomic mass is 35.5. The first kappa shape index (κ1) is 46.9. The number of alkyl halides is 1. The van der Waals surface area contributed by atoms with Crippen LogP contribution in [0.2, 0.25) is 0 Å². The molecule has 2 aromatic carbocycles. The molecule has 4 aromatic heterocycles. The number of benzene rings is 2. The number of nitrogen functional groups attached to an aromatic ring is 1. The van der Waals surface area contributed by atoms with Gasteiger partial charge in [0.2, 0.25) is 11.1 Å². The Balaban J connectivity index is 0.000000184. The van der Waals surface area contributed by atoms with Crippen LogP contribution in [0.3, 0.4) is 0 Å². The third kappa shape index (κ3) is 11.7. The molecule has 6 aromatic rings. The Bertz CT molecular complexity index is 2550. The molecule has 18 heteroatoms. The Hall–Kier alpha value is -4.58. The molecule has 0 aliphatic carbocycles. The van der Waals surface area contributed by atoms with Crippen LogP contribution in [0.5, 0.6) is 0 Å². The van der Waals surface area contributed by atoms with Crippen molar-refractivity contribution in [3.8, 4) is 21.1 Å². The summed E-state index contributed by atoms with van der Waals surface area (Å²) in [6, 6.07) is 16.1. The van der Waals surface area contributed by atoms with Gasteiger partial charge in [-0.3, -0.25) is 9.59 Å². The van der Waals surface area contributed by atoms with Gasteiger partial charge in [-0.25, -0.2) is 19.6 Å². The number of thiophene rings is 2. The molecule has 2 aliphatic rings. The standard InChI is InChI=1S/C22H23N3O3S2.C19H21N3O2S2.C3H4Cl2O/c1-5-17(26)24-20-18(19-23-14-8-6-7-9-15(14)29-19)13-10-11-25(12-16(13)30-20)21(27)28-22(2,3)4;1-19(2,3)24-18(23)22-9-8-11-14(10-22)25-16(20)15(11)17-21-12-6-4-5-7-13(12)26-17;4-2-1-3(5)6/h5-9H,1,10-12H2,2-4H3,(H,24,26);4-7H,8-10,20H2,1-3H3;1-2H2. The second-order valence-corrected chi connectivity index (χ2v) is 21.3. The maximum Gasteiger partial charge on any atom is 0.410 e. The summed E-state index contributed by atoms with van der Waals surface area (Å²) in [7, 11) is 0. The van der Waals surface area contributed by atoms with Gasteiger partial charge in [-0.05, 0) is 107 Å². The lowest BCUT2D eigenvalue weighted by molar-refractivity contribution is -0.112. The van der Waals surface area contributed by atoms with Crippen molar-refractivity contribution >= 4 is 122 Å². The summed E-state index contributed by atoms with van der Waals surface area (Å²) in [6.07, 6.45) is 2.39. The van der Waals surface area contributed by atoms with Crippen molar-refractivity contribution in [2.75, 3.05) is 30.0 Å². The van der Waals surface area contributed by atoms with E-state index in [4.69, 9.17) is 48.4 Å². The van der Waals surface area contributed by atoms with E-state index in [0.29, 0.717) is 38.5 Å². The van der Waals surface area contributed by atoms with Crippen LogP contribution in [0.25, 0.3) is 41.6 Å². The number of para-hydroxylation sites is 2. The number of rotatable bonds is 6. The zero-order valence-electron chi connectivity index (χ0n) is 35.3. The molecule has 12 nitrogen and oxygen atoms in total. The Morgan fingerprint density at radius 2 is 1.24 bits per heavy atom. The molecule has 62 heavy (non-hydrogen) atoms. The number of nitrogens with two attached hydrogens (primary N) is 1. The van der Waals surface area contributed by atoms with Gasteiger partial charge in [0.25, 0.3) is 0 Å². The molecule has 0 fully saturated rings. The number of nitrogens with zero attached hydrogens (tertiary/aromatic N) is 4. The fraction of sp³-hybridized carbons (Fsp3) is 0.364. The molecule has 328 valence electrons. The molecule has 2 aliphatic heterocycles. The Morgan fingerprint density at radius 1 is 0.774 bits per heavy atom. The zero-order chi connectivity index (χ0) is 44.9. The number of halogens is 2. The number of nitrogens with one attached hydrogen (secondary N) is 1. The number of hydrogen-bond acceptors (Lipinski definition) is 13. The number of thiazole rings is 2. The molecule has 0 radical (unpaired) electrons. The van der Waals surface area contributed by atoms with Gasteiger partial charge in [0.05, 0.1) is 38.5 Å². The van der Waals surface area contributed by atoms with Gasteiger partial charge in [-0.2, -0.15) is 0 Å². The third-order valence-electron chi connectivity index (χ3n) is 9.17. The summed E-state index contributed by atoms with van der Waals surface area (Å²) in [5.41, 5.74) is 11.6. The quantitative estimate of drug-likeness (QED) is 0.0942. The second-order valence-electron chi connectivity index (χ2n) is 16.2. The lowest BCUT2D eigenvalue weighted by atomic mass is 10.0. The fourth-order valence-electron chi connectivity index (χ4n) is 6.54. The molecule has 6 heterocycles. The molecule has 3 N–H and O–H groups in total. The number of fused-ring (bicyclic) bond motifs is 4. The van der Waals surface area contributed by atoms with Crippen molar-refractivity contribution in [3.63, 3.8) is 0 Å². The SMILES string of the molecule is C=CC(=O)Nc1sc2c(c1-c1nc3ccccc3s1)CCN(C(=O)OC(C)(C)C)C2.CC(C)(C)OC(=O)N1CCc2c(sc(N)c2-c2nc3ccccc3s2)C1.O=C(Cl)CCCl. The molecule has 0 saturated heterocycles. The van der Waals surface area contributed by atoms with Crippen molar-refractivity contribution in [2.24, 2.45) is 0 Å². The Kier molecular flexibility index (Phi) is 15.0. The molecule has 8 rings (SSSR count). The summed E-state index contributed by atoms with van der Waals surface area (Å²) in [5, 5.41) is 5.93. The average Bonchev–Trinajstić information content (AvgIpc) is 3.97. The summed E-state index contributed by atoms with van der Waals surface area (Å²) in [5.74, 6) is 0.0578. The minimum atomic E-state index is -0.540. The van der Waals surface area contributed by atoms with Crippen molar-refractivity contribution in [1.82, 2.24) is 19.8 Å². The number of anilines is 2. The van der Waals surface area contributed by atoms with Gasteiger partial charge in [0, 0.05) is 46.3 Å². The van der Waals surface area contributed by atoms with Gasteiger partial charge in [0.1, 0.15) is 26.2 Å². The van der Waals surface area contributed by atoms with Crippen LogP contribution < -0.4 is 11.1 Å². The first-order valence-corrected chi connectivity index (χ1v) is 23.9. The van der Waals surface area contributed by atoms with Crippen LogP contribution in [0.4, 0.5) is 19.6 Å². The van der Waals surface area contributed by atoms with E-state index < -0.39 is 11.2 Å². The van der Waals surface area contributed by atoms with E-state index in [1.54, 1.807) is 43.8 Å². The molecule has 0 saturated carbocycles. The van der Waals surface area contributed by atoms with E-state index in [1.807, 2.05) is 84.0 Å². The molecule has 3 amide bonds. The number of amides is 3. The predicted octanol–water partition coefficient (Wildman–Crippen LogP) is 11.7. The average molecular weight is 956 g/mol. The van der Waals surface area contributed by atoms with Gasteiger partial charge in [-0.1, -0.05) is 30.8 Å². The molecule has 0 bridgehead atoms. The van der Waals surface area contributed by atoms with E-state index in [2.05, 4.69) is 18.0 Å². The van der Waals surface area contributed by atoms with Crippen LogP contribution in [-0.2, 0) is 45.0 Å². The van der Waals surface area contributed by atoms with E-state index >= 15 is 0 Å². The third-order valence-corrected chi connectivity index (χ3v) is 13.8. The van der Waals surface area contributed by atoms with E-state index in [9.17, 15) is 19.2 Å². The Morgan fingerprint density at radius 3 is 1.68 bits per heavy atom. The Labute approximate surface area is 386 Å². The molecular formula is C44H48Cl2N6O6S4. The van der Waals surface area contributed by atoms with Crippen LogP contribution in [0.15, 0.2) is 61.2 Å². The number of carbonyl (C=O) groups is 4. The highest BCUT2D eigenvalue weighted by molar-refractivity contribution is 7.23. The summed E-state index contributed by atoms with van der Waals surface area (Å²) < 4.78 is 13.3. The van der Waals surface area contributed by atoms with Crippen molar-refractivity contribution in [2.45, 2.75) is 85.1 Å². The number of carbonyl (C=O) groups excluding carboxylic acids is 4.